The first kappa shape index (κ1) is 11.1. The Morgan fingerprint density at radius 1 is 1.25 bits per heavy atom. The minimum Gasteiger partial charge on any atom is -1.00 e. The zero-order chi connectivity index (χ0) is 5.70. The van der Waals surface area contributed by atoms with Crippen LogP contribution in [0.3, 0.4) is 0 Å². The largest absolute Gasteiger partial charge is 1.00 e. The van der Waals surface area contributed by atoms with Crippen LogP contribution in [0.25, 0.3) is 0 Å². The Morgan fingerprint density at radius 2 is 1.75 bits per heavy atom. The normalized spacial score (nSPS) is 12.4. The summed E-state index contributed by atoms with van der Waals surface area (Å²) in [6.45, 7) is 7.01. The van der Waals surface area contributed by atoms with Gasteiger partial charge in [-0.3, -0.25) is 0 Å². The van der Waals surface area contributed by atoms with Gasteiger partial charge in [-0.1, -0.05) is 6.92 Å². The molecule has 0 heterocycles. The van der Waals surface area contributed by atoms with Crippen molar-refractivity contribution in [1.29, 1.82) is 0 Å². The molecule has 0 aromatic carbocycles. The summed E-state index contributed by atoms with van der Waals surface area (Å²) in [4.78, 5) is 1.63. The summed E-state index contributed by atoms with van der Waals surface area (Å²) in [5.74, 6) is 0. The fraction of sp³-hybridized carbons (Fsp3) is 1.00. The molecule has 0 bridgehead atoms. The van der Waals surface area contributed by atoms with Crippen LogP contribution in [0.2, 0.25) is 0 Å². The highest BCUT2D eigenvalue weighted by atomic mass is 35.5. The zero-order valence-electron chi connectivity index (χ0n) is 6.00. The van der Waals surface area contributed by atoms with Gasteiger partial charge in [-0.05, 0) is 13.3 Å². The van der Waals surface area contributed by atoms with Gasteiger partial charge < -0.3 is 17.3 Å². The second-order valence-corrected chi connectivity index (χ2v) is 2.06. The van der Waals surface area contributed by atoms with Crippen molar-refractivity contribution in [1.82, 2.24) is 0 Å². The Morgan fingerprint density at radius 3 is 1.88 bits per heavy atom. The predicted octanol–water partition coefficient (Wildman–Crippen LogP) is -3.06. The summed E-state index contributed by atoms with van der Waals surface area (Å²) in [7, 11) is 2.23. The maximum Gasteiger partial charge on any atom is 0.0766 e. The molecule has 0 radical (unpaired) electrons. The third kappa shape index (κ3) is 6.25. The Balaban J connectivity index is 0. The second-order valence-electron chi connectivity index (χ2n) is 2.06. The number of hydrogen-bond donors (Lipinski definition) is 1. The average molecular weight is 138 g/mol. The van der Waals surface area contributed by atoms with Gasteiger partial charge in [0.05, 0.1) is 20.1 Å². The Hall–Kier alpha value is 0.250. The number of nitrogens with one attached hydrogen (secondary N) is 1. The Bertz CT molecular complexity index is 39.5. The fourth-order valence-corrected chi connectivity index (χ4v) is 0.604. The molecule has 0 rings (SSSR count). The first-order valence-electron chi connectivity index (χ1n) is 3.12. The summed E-state index contributed by atoms with van der Waals surface area (Å²) in [5, 5.41) is 0. The van der Waals surface area contributed by atoms with Gasteiger partial charge in [0.1, 0.15) is 0 Å². The average Bonchev–Trinajstić information content (AvgIpc) is 1.68. The molecule has 0 aromatic rings. The smallest absolute Gasteiger partial charge is 0.0766 e. The van der Waals surface area contributed by atoms with Gasteiger partial charge in [-0.25, -0.2) is 0 Å². The quantitative estimate of drug-likeness (QED) is 0.422. The summed E-state index contributed by atoms with van der Waals surface area (Å²) < 4.78 is 0. The van der Waals surface area contributed by atoms with E-state index in [-0.39, 0.29) is 12.4 Å². The third-order valence-corrected chi connectivity index (χ3v) is 1.28. The van der Waals surface area contributed by atoms with E-state index < -0.39 is 0 Å². The summed E-state index contributed by atoms with van der Waals surface area (Å²) in [6, 6.07) is 0. The van der Waals surface area contributed by atoms with Gasteiger partial charge in [-0.15, -0.1) is 0 Å². The number of rotatable bonds is 3. The minimum atomic E-state index is 0. The molecule has 0 fully saturated rings. The van der Waals surface area contributed by atoms with Gasteiger partial charge in [0.2, 0.25) is 0 Å². The van der Waals surface area contributed by atoms with Gasteiger partial charge in [0, 0.05) is 0 Å². The van der Waals surface area contributed by atoms with Crippen molar-refractivity contribution in [2.75, 3.05) is 20.1 Å². The molecule has 0 amide bonds. The molecule has 0 aliphatic rings. The van der Waals surface area contributed by atoms with E-state index in [0.717, 1.165) is 0 Å². The lowest BCUT2D eigenvalue weighted by Crippen LogP contribution is -3.08. The molecule has 52 valence electrons. The van der Waals surface area contributed by atoms with Crippen LogP contribution in [-0.4, -0.2) is 20.1 Å². The van der Waals surface area contributed by atoms with E-state index in [1.165, 1.54) is 19.5 Å². The van der Waals surface area contributed by atoms with E-state index in [1.807, 2.05) is 0 Å². The highest BCUT2D eigenvalue weighted by Crippen LogP contribution is 1.60. The van der Waals surface area contributed by atoms with Crippen LogP contribution in [0.15, 0.2) is 0 Å². The molecule has 0 spiro atoms. The van der Waals surface area contributed by atoms with Gasteiger partial charge in [0.15, 0.2) is 0 Å². The van der Waals surface area contributed by atoms with Gasteiger partial charge in [0.25, 0.3) is 0 Å². The number of halogens is 1. The van der Waals surface area contributed by atoms with E-state index in [0.29, 0.717) is 0 Å². The summed E-state index contributed by atoms with van der Waals surface area (Å²) in [5.41, 5.74) is 0. The first-order valence-corrected chi connectivity index (χ1v) is 3.12. The zero-order valence-corrected chi connectivity index (χ0v) is 6.76. The standard InChI is InChI=1S/C6H15N.ClH/c1-4-6-7(3)5-2;/h4-6H2,1-3H3;1H. The Labute approximate surface area is 58.5 Å². The van der Waals surface area contributed by atoms with Crippen LogP contribution in [0, 0.1) is 0 Å². The van der Waals surface area contributed by atoms with Crippen molar-refractivity contribution in [2.45, 2.75) is 20.3 Å². The van der Waals surface area contributed by atoms with E-state index in [2.05, 4.69) is 20.9 Å². The molecular formula is C6H16ClN. The molecular weight excluding hydrogens is 122 g/mol. The van der Waals surface area contributed by atoms with Crippen LogP contribution in [0.1, 0.15) is 20.3 Å². The summed E-state index contributed by atoms with van der Waals surface area (Å²) >= 11 is 0. The Kier molecular flexibility index (Phi) is 10.1. The van der Waals surface area contributed by atoms with E-state index in [1.54, 1.807) is 4.90 Å². The van der Waals surface area contributed by atoms with Gasteiger partial charge in [-0.2, -0.15) is 0 Å². The van der Waals surface area contributed by atoms with Gasteiger partial charge >= 0.3 is 0 Å². The molecule has 0 aliphatic heterocycles. The first-order chi connectivity index (χ1) is 3.31. The van der Waals surface area contributed by atoms with Crippen molar-refractivity contribution in [2.24, 2.45) is 0 Å². The predicted molar refractivity (Wildman–Crippen MR) is 32.6 cm³/mol. The van der Waals surface area contributed by atoms with Crippen molar-refractivity contribution >= 4 is 0 Å². The van der Waals surface area contributed by atoms with Crippen molar-refractivity contribution < 1.29 is 17.3 Å². The molecule has 1 nitrogen and oxygen atoms in total. The van der Waals surface area contributed by atoms with E-state index >= 15 is 0 Å². The molecule has 0 saturated carbocycles. The highest BCUT2D eigenvalue weighted by Gasteiger charge is 1.90. The van der Waals surface area contributed by atoms with Crippen LogP contribution in [0.5, 0.6) is 0 Å². The number of quaternary nitrogens is 1. The lowest BCUT2D eigenvalue weighted by Gasteiger charge is -2.07. The topological polar surface area (TPSA) is 4.44 Å². The monoisotopic (exact) mass is 137 g/mol. The van der Waals surface area contributed by atoms with Crippen LogP contribution >= 0.6 is 0 Å². The van der Waals surface area contributed by atoms with Crippen molar-refractivity contribution in [3.63, 3.8) is 0 Å². The molecule has 0 aromatic heterocycles. The van der Waals surface area contributed by atoms with Crippen LogP contribution in [0.4, 0.5) is 0 Å². The number of hydrogen-bond acceptors (Lipinski definition) is 0. The third-order valence-electron chi connectivity index (χ3n) is 1.28. The molecule has 1 unspecified atom stereocenters. The fourth-order valence-electron chi connectivity index (χ4n) is 0.604. The van der Waals surface area contributed by atoms with E-state index in [9.17, 15) is 0 Å². The van der Waals surface area contributed by atoms with Crippen LogP contribution in [-0.2, 0) is 0 Å². The molecule has 8 heavy (non-hydrogen) atoms. The maximum atomic E-state index is 2.23. The van der Waals surface area contributed by atoms with Crippen molar-refractivity contribution in [3.8, 4) is 0 Å². The maximum absolute atomic E-state index is 2.23. The second kappa shape index (κ2) is 7.25. The van der Waals surface area contributed by atoms with Crippen molar-refractivity contribution in [3.05, 3.63) is 0 Å². The molecule has 1 N–H and O–H groups in total. The lowest BCUT2D eigenvalue weighted by molar-refractivity contribution is -0.877. The minimum absolute atomic E-state index is 0. The van der Waals surface area contributed by atoms with Crippen LogP contribution < -0.4 is 17.3 Å². The molecule has 1 atom stereocenters. The summed E-state index contributed by atoms with van der Waals surface area (Å²) in [6.07, 6.45) is 1.31. The lowest BCUT2D eigenvalue weighted by atomic mass is 10.4. The SMILES string of the molecule is CCC[NH+](C)CC.[Cl-]. The molecule has 0 saturated heterocycles. The van der Waals surface area contributed by atoms with E-state index in [4.69, 9.17) is 0 Å². The molecule has 0 aliphatic carbocycles. The molecule has 2 heteroatoms. The highest BCUT2D eigenvalue weighted by molar-refractivity contribution is 4.16.